The molecular formula is C14H18N2S. The smallest absolute Gasteiger partial charge is 0.0257 e. The van der Waals surface area contributed by atoms with E-state index in [4.69, 9.17) is 6.42 Å². The number of nitrogens with one attached hydrogen (secondary N) is 1. The Bertz CT molecular complexity index is 442. The molecule has 2 rings (SSSR count). The van der Waals surface area contributed by atoms with E-state index in [1.54, 1.807) is 0 Å². The van der Waals surface area contributed by atoms with Gasteiger partial charge < -0.3 is 5.32 Å². The average Bonchev–Trinajstić information content (AvgIpc) is 2.36. The lowest BCUT2D eigenvalue weighted by Gasteiger charge is -2.28. The molecule has 2 nitrogen and oxygen atoms in total. The lowest BCUT2D eigenvalue weighted by molar-refractivity contribution is 0.232. The van der Waals surface area contributed by atoms with Gasteiger partial charge >= 0.3 is 0 Å². The Morgan fingerprint density at radius 3 is 2.76 bits per heavy atom. The maximum Gasteiger partial charge on any atom is 0.0257 e. The summed E-state index contributed by atoms with van der Waals surface area (Å²) in [7, 11) is 0. The molecule has 0 amide bonds. The van der Waals surface area contributed by atoms with Crippen LogP contribution in [0.1, 0.15) is 16.7 Å². The van der Waals surface area contributed by atoms with Gasteiger partial charge in [0.15, 0.2) is 0 Å². The molecule has 1 aliphatic rings. The monoisotopic (exact) mass is 246 g/mol. The summed E-state index contributed by atoms with van der Waals surface area (Å²) in [5.41, 5.74) is 3.46. The van der Waals surface area contributed by atoms with Crippen LogP contribution in [0.4, 0.5) is 0 Å². The summed E-state index contributed by atoms with van der Waals surface area (Å²) in [4.78, 5) is 3.44. The van der Waals surface area contributed by atoms with Crippen LogP contribution in [0.25, 0.3) is 0 Å². The molecule has 1 aliphatic heterocycles. The summed E-state index contributed by atoms with van der Waals surface area (Å²) in [6.45, 7) is 7.42. The molecule has 0 atom stereocenters. The molecule has 17 heavy (non-hydrogen) atoms. The Kier molecular flexibility index (Phi) is 4.11. The number of benzene rings is 1. The summed E-state index contributed by atoms with van der Waals surface area (Å²) < 4.78 is 0. The zero-order valence-electron chi connectivity index (χ0n) is 10.2. The quantitative estimate of drug-likeness (QED) is 0.609. The minimum atomic E-state index is 0.922. The summed E-state index contributed by atoms with van der Waals surface area (Å²) in [5, 5.41) is 3.36. The van der Waals surface area contributed by atoms with Crippen molar-refractivity contribution in [3.63, 3.8) is 0 Å². The molecule has 1 saturated heterocycles. The first-order chi connectivity index (χ1) is 8.20. The predicted molar refractivity (Wildman–Crippen MR) is 74.5 cm³/mol. The number of nitrogens with zero attached hydrogens (tertiary/aromatic N) is 1. The Balaban J connectivity index is 2.19. The second kappa shape index (κ2) is 5.59. The van der Waals surface area contributed by atoms with E-state index in [0.717, 1.165) is 43.2 Å². The summed E-state index contributed by atoms with van der Waals surface area (Å²) in [5.74, 6) is 2.69. The molecule has 90 valence electrons. The maximum atomic E-state index is 5.46. The van der Waals surface area contributed by atoms with Crippen LogP contribution in [0, 0.1) is 19.3 Å². The van der Waals surface area contributed by atoms with E-state index < -0.39 is 0 Å². The number of hydrogen-bond donors (Lipinski definition) is 2. The van der Waals surface area contributed by atoms with Gasteiger partial charge in [-0.05, 0) is 30.2 Å². The third-order valence-electron chi connectivity index (χ3n) is 3.26. The Labute approximate surface area is 109 Å². The van der Waals surface area contributed by atoms with Crippen LogP contribution in [0.3, 0.4) is 0 Å². The molecule has 0 radical (unpaired) electrons. The van der Waals surface area contributed by atoms with Gasteiger partial charge in [-0.15, -0.1) is 19.1 Å². The van der Waals surface area contributed by atoms with Gasteiger partial charge in [0.25, 0.3) is 0 Å². The molecule has 1 fully saturated rings. The molecule has 0 aliphatic carbocycles. The molecule has 0 spiro atoms. The topological polar surface area (TPSA) is 15.3 Å². The van der Waals surface area contributed by atoms with Crippen molar-refractivity contribution in [2.24, 2.45) is 0 Å². The van der Waals surface area contributed by atoms with Crippen molar-refractivity contribution in [2.75, 3.05) is 26.2 Å². The van der Waals surface area contributed by atoms with Crippen LogP contribution in [-0.4, -0.2) is 31.1 Å². The highest BCUT2D eigenvalue weighted by Crippen LogP contribution is 2.21. The van der Waals surface area contributed by atoms with Gasteiger partial charge in [0.05, 0.1) is 0 Å². The molecule has 1 aromatic rings. The number of thiol groups is 1. The van der Waals surface area contributed by atoms with E-state index in [-0.39, 0.29) is 0 Å². The minimum Gasteiger partial charge on any atom is -0.314 e. The van der Waals surface area contributed by atoms with E-state index in [9.17, 15) is 0 Å². The van der Waals surface area contributed by atoms with Crippen molar-refractivity contribution in [1.82, 2.24) is 10.2 Å². The standard InChI is InChI=1S/C14H18N2S/c1-3-12-8-13(11(2)14(17)9-12)10-16-6-4-15-5-7-16/h1,8-9,15,17H,4-7,10H2,2H3. The van der Waals surface area contributed by atoms with Crippen molar-refractivity contribution >= 4 is 12.6 Å². The van der Waals surface area contributed by atoms with Gasteiger partial charge in [0.1, 0.15) is 0 Å². The summed E-state index contributed by atoms with van der Waals surface area (Å²) >= 11 is 4.48. The molecule has 0 unspecified atom stereocenters. The maximum absolute atomic E-state index is 5.46. The van der Waals surface area contributed by atoms with Crippen LogP contribution in [0.5, 0.6) is 0 Å². The van der Waals surface area contributed by atoms with Crippen molar-refractivity contribution in [3.05, 3.63) is 28.8 Å². The van der Waals surface area contributed by atoms with Gasteiger partial charge in [-0.25, -0.2) is 0 Å². The molecule has 1 aromatic carbocycles. The molecule has 1 N–H and O–H groups in total. The highest BCUT2D eigenvalue weighted by Gasteiger charge is 2.12. The summed E-state index contributed by atoms with van der Waals surface area (Å²) in [6.07, 6.45) is 5.46. The summed E-state index contributed by atoms with van der Waals surface area (Å²) in [6, 6.07) is 4.07. The van der Waals surface area contributed by atoms with E-state index in [1.807, 2.05) is 6.07 Å². The molecule has 0 bridgehead atoms. The van der Waals surface area contributed by atoms with E-state index >= 15 is 0 Å². The largest absolute Gasteiger partial charge is 0.314 e. The Hall–Kier alpha value is -0.950. The van der Waals surface area contributed by atoms with Crippen molar-refractivity contribution in [3.8, 4) is 12.3 Å². The normalized spacial score (nSPS) is 16.8. The molecular weight excluding hydrogens is 228 g/mol. The third-order valence-corrected chi connectivity index (χ3v) is 3.72. The zero-order valence-corrected chi connectivity index (χ0v) is 11.1. The highest BCUT2D eigenvalue weighted by atomic mass is 32.1. The van der Waals surface area contributed by atoms with Crippen molar-refractivity contribution in [2.45, 2.75) is 18.4 Å². The lowest BCUT2D eigenvalue weighted by Crippen LogP contribution is -2.43. The fourth-order valence-electron chi connectivity index (χ4n) is 2.12. The first kappa shape index (κ1) is 12.5. The van der Waals surface area contributed by atoms with Crippen LogP contribution in [0.2, 0.25) is 0 Å². The van der Waals surface area contributed by atoms with Crippen LogP contribution >= 0.6 is 12.6 Å². The van der Waals surface area contributed by atoms with Crippen molar-refractivity contribution in [1.29, 1.82) is 0 Å². The van der Waals surface area contributed by atoms with Gasteiger partial charge in [0, 0.05) is 43.2 Å². The fraction of sp³-hybridized carbons (Fsp3) is 0.429. The third kappa shape index (κ3) is 3.04. The number of piperazine rings is 1. The van der Waals surface area contributed by atoms with Crippen LogP contribution in [0.15, 0.2) is 17.0 Å². The SMILES string of the molecule is C#Cc1cc(S)c(C)c(CN2CCNCC2)c1. The fourth-order valence-corrected chi connectivity index (χ4v) is 2.40. The Morgan fingerprint density at radius 2 is 2.12 bits per heavy atom. The van der Waals surface area contributed by atoms with Gasteiger partial charge in [-0.2, -0.15) is 0 Å². The predicted octanol–water partition coefficient (Wildman–Crippen LogP) is 1.67. The number of rotatable bonds is 2. The van der Waals surface area contributed by atoms with Crippen LogP contribution < -0.4 is 5.32 Å². The molecule has 0 saturated carbocycles. The van der Waals surface area contributed by atoms with Gasteiger partial charge in [-0.1, -0.05) is 5.92 Å². The second-order valence-electron chi connectivity index (χ2n) is 4.45. The number of hydrogen-bond acceptors (Lipinski definition) is 3. The van der Waals surface area contributed by atoms with Crippen LogP contribution in [-0.2, 0) is 6.54 Å². The second-order valence-corrected chi connectivity index (χ2v) is 4.93. The highest BCUT2D eigenvalue weighted by molar-refractivity contribution is 7.80. The van der Waals surface area contributed by atoms with E-state index in [2.05, 4.69) is 41.8 Å². The first-order valence-electron chi connectivity index (χ1n) is 5.93. The lowest BCUT2D eigenvalue weighted by atomic mass is 10.0. The Morgan fingerprint density at radius 1 is 1.41 bits per heavy atom. The molecule has 1 heterocycles. The minimum absolute atomic E-state index is 0.922. The average molecular weight is 246 g/mol. The van der Waals surface area contributed by atoms with Crippen molar-refractivity contribution < 1.29 is 0 Å². The zero-order chi connectivity index (χ0) is 12.3. The van der Waals surface area contributed by atoms with E-state index in [1.165, 1.54) is 11.1 Å². The van der Waals surface area contributed by atoms with E-state index in [0.29, 0.717) is 0 Å². The molecule has 0 aromatic heterocycles. The first-order valence-corrected chi connectivity index (χ1v) is 6.37. The number of terminal acetylenes is 1. The van der Waals surface area contributed by atoms with Gasteiger partial charge in [0.2, 0.25) is 0 Å². The molecule has 3 heteroatoms. The van der Waals surface area contributed by atoms with Gasteiger partial charge in [-0.3, -0.25) is 4.90 Å².